The highest BCUT2D eigenvalue weighted by Gasteiger charge is 2.16. The van der Waals surface area contributed by atoms with Gasteiger partial charge in [-0.1, -0.05) is 30.0 Å². The lowest BCUT2D eigenvalue weighted by atomic mass is 10.1. The Morgan fingerprint density at radius 1 is 1.06 bits per heavy atom. The van der Waals surface area contributed by atoms with Crippen LogP contribution in [0.1, 0.15) is 11.1 Å². The summed E-state index contributed by atoms with van der Waals surface area (Å²) in [5.41, 5.74) is 3.85. The average molecular weight is 436 g/mol. The summed E-state index contributed by atoms with van der Waals surface area (Å²) in [5, 5.41) is 19.7. The molecule has 2 heterocycles. The van der Waals surface area contributed by atoms with E-state index < -0.39 is 0 Å². The minimum absolute atomic E-state index is 0.152. The minimum Gasteiger partial charge on any atom is -0.497 e. The van der Waals surface area contributed by atoms with Gasteiger partial charge in [0.15, 0.2) is 0 Å². The molecular weight excluding hydrogens is 414 g/mol. The van der Waals surface area contributed by atoms with Gasteiger partial charge in [0.1, 0.15) is 11.6 Å². The summed E-state index contributed by atoms with van der Waals surface area (Å²) in [7, 11) is 1.61. The molecule has 0 atom stereocenters. The fourth-order valence-corrected chi connectivity index (χ4v) is 3.86. The van der Waals surface area contributed by atoms with E-state index in [0.717, 1.165) is 28.3 Å². The van der Waals surface area contributed by atoms with Crippen LogP contribution in [0.2, 0.25) is 0 Å². The Hall–Kier alpha value is -3.66. The van der Waals surface area contributed by atoms with E-state index in [4.69, 9.17) is 4.74 Å². The van der Waals surface area contributed by atoms with E-state index in [-0.39, 0.29) is 11.7 Å². The number of thioether (sulfide) groups is 1. The predicted molar refractivity (Wildman–Crippen MR) is 118 cm³/mol. The Kier molecular flexibility index (Phi) is 5.99. The first-order valence-corrected chi connectivity index (χ1v) is 10.5. The molecule has 31 heavy (non-hydrogen) atoms. The lowest BCUT2D eigenvalue weighted by molar-refractivity contribution is -0.113. The van der Waals surface area contributed by atoms with E-state index in [1.807, 2.05) is 56.3 Å². The summed E-state index contributed by atoms with van der Waals surface area (Å²) >= 11 is 1.27. The molecule has 0 aliphatic carbocycles. The van der Waals surface area contributed by atoms with Gasteiger partial charge in [0.25, 0.3) is 0 Å². The number of anilines is 1. The number of nitrogens with one attached hydrogen (secondary N) is 1. The molecule has 10 heteroatoms. The number of para-hydroxylation sites is 1. The summed E-state index contributed by atoms with van der Waals surface area (Å²) in [6.45, 7) is 4.01. The number of carbonyl (C=O) groups excluding carboxylic acids is 1. The van der Waals surface area contributed by atoms with E-state index in [2.05, 4.69) is 25.9 Å². The number of tetrazole rings is 1. The fraction of sp³-hybridized carbons (Fsp3) is 0.190. The van der Waals surface area contributed by atoms with E-state index in [1.165, 1.54) is 11.8 Å². The molecule has 0 spiro atoms. The average Bonchev–Trinajstić information content (AvgIpc) is 3.42. The van der Waals surface area contributed by atoms with Crippen LogP contribution >= 0.6 is 11.8 Å². The first kappa shape index (κ1) is 20.6. The van der Waals surface area contributed by atoms with Gasteiger partial charge in [-0.2, -0.15) is 9.78 Å². The lowest BCUT2D eigenvalue weighted by Crippen LogP contribution is -2.17. The van der Waals surface area contributed by atoms with Crippen molar-refractivity contribution in [2.75, 3.05) is 18.2 Å². The molecule has 0 aliphatic rings. The number of hydrogen-bond donors (Lipinski definition) is 1. The highest BCUT2D eigenvalue weighted by atomic mass is 32.2. The number of aryl methyl sites for hydroxylation is 2. The van der Waals surface area contributed by atoms with Gasteiger partial charge in [-0.3, -0.25) is 4.79 Å². The Balaban J connectivity index is 1.45. The summed E-state index contributed by atoms with van der Waals surface area (Å²) in [5.74, 6) is 1.29. The van der Waals surface area contributed by atoms with Gasteiger partial charge >= 0.3 is 0 Å². The lowest BCUT2D eigenvalue weighted by Gasteiger charge is -2.11. The molecule has 0 saturated heterocycles. The summed E-state index contributed by atoms with van der Waals surface area (Å²) < 4.78 is 8.51. The predicted octanol–water partition coefficient (Wildman–Crippen LogP) is 3.20. The summed E-state index contributed by atoms with van der Waals surface area (Å²) in [6, 6.07) is 15.2. The van der Waals surface area contributed by atoms with Crippen LogP contribution in [0, 0.1) is 13.8 Å². The third-order valence-corrected chi connectivity index (χ3v) is 5.57. The molecule has 2 aromatic carbocycles. The molecule has 0 radical (unpaired) electrons. The van der Waals surface area contributed by atoms with Gasteiger partial charge in [0.2, 0.25) is 11.1 Å². The van der Waals surface area contributed by atoms with E-state index in [1.54, 1.807) is 28.7 Å². The third-order valence-electron chi connectivity index (χ3n) is 4.65. The van der Waals surface area contributed by atoms with Gasteiger partial charge in [-0.25, -0.2) is 4.68 Å². The zero-order valence-electron chi connectivity index (χ0n) is 17.3. The van der Waals surface area contributed by atoms with Crippen molar-refractivity contribution in [3.63, 3.8) is 0 Å². The van der Waals surface area contributed by atoms with Crippen LogP contribution in [-0.2, 0) is 4.79 Å². The molecule has 0 saturated carbocycles. The molecule has 2 aromatic heterocycles. The number of methoxy groups -OCH3 is 1. The molecule has 158 valence electrons. The summed E-state index contributed by atoms with van der Waals surface area (Å²) in [6.07, 6.45) is 1.63. The van der Waals surface area contributed by atoms with E-state index in [9.17, 15) is 4.79 Å². The maximum Gasteiger partial charge on any atom is 0.236 e. The molecular formula is C21H21N7O2S. The molecule has 9 nitrogen and oxygen atoms in total. The first-order valence-electron chi connectivity index (χ1n) is 9.53. The zero-order chi connectivity index (χ0) is 21.8. The second-order valence-corrected chi connectivity index (χ2v) is 7.72. The Bertz CT molecular complexity index is 1180. The highest BCUT2D eigenvalue weighted by molar-refractivity contribution is 7.99. The SMILES string of the molecule is COc1ccc(-n2nccc2NC(=O)CSc2nnnn2-c2c(C)cccc2C)cc1. The van der Waals surface area contributed by atoms with Crippen molar-refractivity contribution >= 4 is 23.5 Å². The molecule has 1 N–H and O–H groups in total. The van der Waals surface area contributed by atoms with Crippen molar-refractivity contribution < 1.29 is 9.53 Å². The van der Waals surface area contributed by atoms with Crippen molar-refractivity contribution in [1.82, 2.24) is 30.0 Å². The minimum atomic E-state index is -0.184. The smallest absolute Gasteiger partial charge is 0.236 e. The number of rotatable bonds is 7. The topological polar surface area (TPSA) is 99.8 Å². The normalized spacial score (nSPS) is 10.8. The van der Waals surface area contributed by atoms with Crippen molar-refractivity contribution in [3.8, 4) is 17.1 Å². The molecule has 0 bridgehead atoms. The van der Waals surface area contributed by atoms with Crippen LogP contribution < -0.4 is 10.1 Å². The maximum absolute atomic E-state index is 12.6. The maximum atomic E-state index is 12.6. The monoisotopic (exact) mass is 435 g/mol. The fourth-order valence-electron chi connectivity index (χ4n) is 3.19. The van der Waals surface area contributed by atoms with Crippen LogP contribution in [0.4, 0.5) is 5.82 Å². The number of amides is 1. The standard InChI is InChI=1S/C21H21N7O2S/c1-14-5-4-6-15(2)20(14)28-21(24-25-26-28)31-13-19(29)23-18-11-12-22-27(18)16-7-9-17(30-3)10-8-16/h4-12H,13H2,1-3H3,(H,23,29). The van der Waals surface area contributed by atoms with Gasteiger partial charge in [0.05, 0.1) is 30.4 Å². The van der Waals surface area contributed by atoms with Crippen molar-refractivity contribution in [1.29, 1.82) is 0 Å². The molecule has 4 rings (SSSR count). The van der Waals surface area contributed by atoms with Crippen LogP contribution in [-0.4, -0.2) is 48.8 Å². The summed E-state index contributed by atoms with van der Waals surface area (Å²) in [4.78, 5) is 12.6. The quantitative estimate of drug-likeness (QED) is 0.445. The number of aromatic nitrogens is 6. The number of nitrogens with zero attached hydrogens (tertiary/aromatic N) is 6. The molecule has 0 unspecified atom stereocenters. The van der Waals surface area contributed by atoms with Crippen molar-refractivity contribution in [3.05, 3.63) is 65.9 Å². The Morgan fingerprint density at radius 2 is 1.81 bits per heavy atom. The van der Waals surface area contributed by atoms with Crippen LogP contribution in [0.15, 0.2) is 59.9 Å². The zero-order valence-corrected chi connectivity index (χ0v) is 18.1. The number of carbonyl (C=O) groups is 1. The molecule has 0 fully saturated rings. The second-order valence-electron chi connectivity index (χ2n) is 6.78. The molecule has 4 aromatic rings. The van der Waals surface area contributed by atoms with Crippen LogP contribution in [0.25, 0.3) is 11.4 Å². The Labute approximate surface area is 183 Å². The highest BCUT2D eigenvalue weighted by Crippen LogP contribution is 2.24. The number of ether oxygens (including phenoxy) is 1. The first-order chi connectivity index (χ1) is 15.1. The second kappa shape index (κ2) is 9.00. The van der Waals surface area contributed by atoms with E-state index >= 15 is 0 Å². The van der Waals surface area contributed by atoms with Crippen molar-refractivity contribution in [2.24, 2.45) is 0 Å². The van der Waals surface area contributed by atoms with Gasteiger partial charge in [-0.05, 0) is 59.7 Å². The molecule has 0 aliphatic heterocycles. The van der Waals surface area contributed by atoms with Crippen LogP contribution in [0.5, 0.6) is 5.75 Å². The number of benzene rings is 2. The largest absolute Gasteiger partial charge is 0.497 e. The van der Waals surface area contributed by atoms with Crippen molar-refractivity contribution in [2.45, 2.75) is 19.0 Å². The Morgan fingerprint density at radius 3 is 2.52 bits per heavy atom. The van der Waals surface area contributed by atoms with Crippen LogP contribution in [0.3, 0.4) is 0 Å². The van der Waals surface area contributed by atoms with Gasteiger partial charge in [0, 0.05) is 6.07 Å². The third kappa shape index (κ3) is 4.43. The van der Waals surface area contributed by atoms with Gasteiger partial charge < -0.3 is 10.1 Å². The van der Waals surface area contributed by atoms with Gasteiger partial charge in [-0.15, -0.1) is 5.10 Å². The molecule has 1 amide bonds. The van der Waals surface area contributed by atoms with E-state index in [0.29, 0.717) is 11.0 Å². The number of hydrogen-bond acceptors (Lipinski definition) is 7.